The van der Waals surface area contributed by atoms with Gasteiger partial charge < -0.3 is 4.57 Å². The predicted molar refractivity (Wildman–Crippen MR) is 73.4 cm³/mol. The van der Waals surface area contributed by atoms with Gasteiger partial charge >= 0.3 is 0 Å². The first-order valence-corrected chi connectivity index (χ1v) is 6.41. The normalized spacial score (nSPS) is 19.3. The molecule has 0 radical (unpaired) electrons. The van der Waals surface area contributed by atoms with Gasteiger partial charge in [-0.15, -0.1) is 0 Å². The summed E-state index contributed by atoms with van der Waals surface area (Å²) in [5.74, 6) is 0.560. The lowest BCUT2D eigenvalue weighted by Gasteiger charge is -2.24. The number of rotatable bonds is 1. The minimum Gasteiger partial charge on any atom is -0.347 e. The lowest BCUT2D eigenvalue weighted by molar-refractivity contribution is 0.591. The smallest absolute Gasteiger partial charge is 0.0483 e. The summed E-state index contributed by atoms with van der Waals surface area (Å²) >= 11 is 0. The van der Waals surface area contributed by atoms with E-state index in [1.165, 1.54) is 41.4 Å². The van der Waals surface area contributed by atoms with Gasteiger partial charge in [-0.3, -0.25) is 0 Å². The van der Waals surface area contributed by atoms with Crippen LogP contribution in [-0.4, -0.2) is 4.57 Å². The zero-order valence-corrected chi connectivity index (χ0v) is 10.7. The van der Waals surface area contributed by atoms with E-state index in [9.17, 15) is 0 Å². The largest absolute Gasteiger partial charge is 0.347 e. The van der Waals surface area contributed by atoms with Crippen LogP contribution in [0.15, 0.2) is 36.4 Å². The molecule has 88 valence electrons. The molecule has 0 N–H and O–H groups in total. The highest BCUT2D eigenvalue weighted by Gasteiger charge is 2.26. The van der Waals surface area contributed by atoms with Crippen molar-refractivity contribution in [2.45, 2.75) is 32.1 Å². The van der Waals surface area contributed by atoms with E-state index in [1.807, 2.05) is 0 Å². The van der Waals surface area contributed by atoms with Crippen molar-refractivity contribution in [3.63, 3.8) is 0 Å². The van der Waals surface area contributed by atoms with Crippen LogP contribution in [0, 0.1) is 0 Å². The topological polar surface area (TPSA) is 4.93 Å². The second kappa shape index (κ2) is 3.76. The second-order valence-corrected chi connectivity index (χ2v) is 5.23. The number of aromatic nitrogens is 1. The average Bonchev–Trinajstić information content (AvgIpc) is 2.64. The van der Waals surface area contributed by atoms with E-state index in [-0.39, 0.29) is 0 Å². The molecule has 1 aromatic carbocycles. The van der Waals surface area contributed by atoms with Gasteiger partial charge in [0.05, 0.1) is 0 Å². The minimum absolute atomic E-state index is 0.560. The standard InChI is InChI=1S/C16H19N/c1-11(2)12-8-6-10-15-16(12)13-7-4-5-9-14(13)17(15)3/h4-5,7,9,12H,1,6,8,10H2,2-3H3. The van der Waals surface area contributed by atoms with E-state index in [1.54, 1.807) is 5.56 Å². The molecule has 1 atom stereocenters. The van der Waals surface area contributed by atoms with Gasteiger partial charge in [0.1, 0.15) is 0 Å². The van der Waals surface area contributed by atoms with Crippen LogP contribution < -0.4 is 0 Å². The van der Waals surface area contributed by atoms with Crippen LogP contribution in [-0.2, 0) is 13.5 Å². The highest BCUT2D eigenvalue weighted by Crippen LogP contribution is 2.41. The van der Waals surface area contributed by atoms with Gasteiger partial charge in [-0.1, -0.05) is 30.4 Å². The molecule has 1 heteroatoms. The summed E-state index contributed by atoms with van der Waals surface area (Å²) < 4.78 is 2.37. The van der Waals surface area contributed by atoms with Crippen molar-refractivity contribution in [2.75, 3.05) is 0 Å². The number of hydrogen-bond acceptors (Lipinski definition) is 0. The van der Waals surface area contributed by atoms with Crippen molar-refractivity contribution < 1.29 is 0 Å². The Morgan fingerprint density at radius 2 is 2.12 bits per heavy atom. The molecule has 3 rings (SSSR count). The number of para-hydroxylation sites is 1. The molecule has 0 amide bonds. The molecule has 0 saturated carbocycles. The van der Waals surface area contributed by atoms with Crippen LogP contribution in [0.25, 0.3) is 10.9 Å². The average molecular weight is 225 g/mol. The van der Waals surface area contributed by atoms with Gasteiger partial charge in [-0.05, 0) is 37.8 Å². The number of benzene rings is 1. The van der Waals surface area contributed by atoms with Crippen LogP contribution in [0.5, 0.6) is 0 Å². The van der Waals surface area contributed by atoms with E-state index in [2.05, 4.69) is 49.4 Å². The van der Waals surface area contributed by atoms with Crippen molar-refractivity contribution in [2.24, 2.45) is 7.05 Å². The Morgan fingerprint density at radius 3 is 2.88 bits per heavy atom. The Kier molecular flexibility index (Phi) is 2.36. The second-order valence-electron chi connectivity index (χ2n) is 5.23. The fourth-order valence-corrected chi connectivity index (χ4v) is 3.28. The molecular formula is C16H19N. The quantitative estimate of drug-likeness (QED) is 0.642. The molecular weight excluding hydrogens is 206 g/mol. The highest BCUT2D eigenvalue weighted by atomic mass is 15.0. The zero-order valence-electron chi connectivity index (χ0n) is 10.7. The molecule has 1 aliphatic carbocycles. The van der Waals surface area contributed by atoms with Crippen LogP contribution in [0.2, 0.25) is 0 Å². The number of allylic oxidation sites excluding steroid dienone is 1. The molecule has 0 fully saturated rings. The first-order chi connectivity index (χ1) is 8.20. The Bertz CT molecular complexity index is 589. The van der Waals surface area contributed by atoms with E-state index < -0.39 is 0 Å². The molecule has 0 aliphatic heterocycles. The Labute approximate surface area is 103 Å². The highest BCUT2D eigenvalue weighted by molar-refractivity contribution is 5.86. The maximum absolute atomic E-state index is 4.18. The number of aryl methyl sites for hydroxylation is 1. The molecule has 0 bridgehead atoms. The third-order valence-corrected chi connectivity index (χ3v) is 4.12. The maximum Gasteiger partial charge on any atom is 0.0483 e. The molecule has 1 nitrogen and oxygen atoms in total. The lowest BCUT2D eigenvalue weighted by atomic mass is 9.81. The Hall–Kier alpha value is -1.50. The van der Waals surface area contributed by atoms with Crippen LogP contribution >= 0.6 is 0 Å². The van der Waals surface area contributed by atoms with Crippen molar-refractivity contribution >= 4 is 10.9 Å². The minimum atomic E-state index is 0.560. The molecule has 0 saturated heterocycles. The van der Waals surface area contributed by atoms with Crippen molar-refractivity contribution in [3.8, 4) is 0 Å². The molecule has 0 spiro atoms. The van der Waals surface area contributed by atoms with E-state index >= 15 is 0 Å². The summed E-state index contributed by atoms with van der Waals surface area (Å²) in [6.45, 7) is 6.35. The predicted octanol–water partition coefficient (Wildman–Crippen LogP) is 4.17. The summed E-state index contributed by atoms with van der Waals surface area (Å²) in [6.07, 6.45) is 3.76. The van der Waals surface area contributed by atoms with Gasteiger partial charge in [0.2, 0.25) is 0 Å². The summed E-state index contributed by atoms with van der Waals surface area (Å²) in [6, 6.07) is 8.76. The van der Waals surface area contributed by atoms with Crippen LogP contribution in [0.4, 0.5) is 0 Å². The lowest BCUT2D eigenvalue weighted by Crippen LogP contribution is -2.11. The van der Waals surface area contributed by atoms with Gasteiger partial charge in [0.15, 0.2) is 0 Å². The summed E-state index contributed by atoms with van der Waals surface area (Å²) in [5.41, 5.74) is 5.74. The summed E-state index contributed by atoms with van der Waals surface area (Å²) in [7, 11) is 2.20. The number of hydrogen-bond donors (Lipinski definition) is 0. The van der Waals surface area contributed by atoms with E-state index in [4.69, 9.17) is 0 Å². The number of nitrogens with zero attached hydrogens (tertiary/aromatic N) is 1. The fraction of sp³-hybridized carbons (Fsp3) is 0.375. The molecule has 17 heavy (non-hydrogen) atoms. The summed E-state index contributed by atoms with van der Waals surface area (Å²) in [4.78, 5) is 0. The Balaban J connectivity index is 2.35. The summed E-state index contributed by atoms with van der Waals surface area (Å²) in [5, 5.41) is 1.43. The van der Waals surface area contributed by atoms with Crippen molar-refractivity contribution in [1.29, 1.82) is 0 Å². The van der Waals surface area contributed by atoms with Gasteiger partial charge in [0, 0.05) is 29.6 Å². The molecule has 1 unspecified atom stereocenters. The van der Waals surface area contributed by atoms with E-state index in [0.29, 0.717) is 5.92 Å². The molecule has 1 aromatic heterocycles. The van der Waals surface area contributed by atoms with Gasteiger partial charge in [-0.25, -0.2) is 0 Å². The first-order valence-electron chi connectivity index (χ1n) is 6.41. The van der Waals surface area contributed by atoms with Crippen LogP contribution in [0.3, 0.4) is 0 Å². The third-order valence-electron chi connectivity index (χ3n) is 4.12. The number of fused-ring (bicyclic) bond motifs is 3. The van der Waals surface area contributed by atoms with Gasteiger partial charge in [0.25, 0.3) is 0 Å². The first kappa shape index (κ1) is 10.6. The van der Waals surface area contributed by atoms with E-state index in [0.717, 1.165) is 0 Å². The molecule has 2 aromatic rings. The molecule has 1 aliphatic rings. The zero-order chi connectivity index (χ0) is 12.0. The van der Waals surface area contributed by atoms with Crippen molar-refractivity contribution in [3.05, 3.63) is 47.7 Å². The van der Waals surface area contributed by atoms with Crippen LogP contribution in [0.1, 0.15) is 36.9 Å². The molecule has 1 heterocycles. The monoisotopic (exact) mass is 225 g/mol. The third kappa shape index (κ3) is 1.45. The SMILES string of the molecule is C=C(C)C1CCCc2c1c1ccccc1n2C. The fourth-order valence-electron chi connectivity index (χ4n) is 3.28. The maximum atomic E-state index is 4.18. The van der Waals surface area contributed by atoms with Crippen molar-refractivity contribution in [1.82, 2.24) is 4.57 Å². The Morgan fingerprint density at radius 1 is 1.35 bits per heavy atom. The van der Waals surface area contributed by atoms with Gasteiger partial charge in [-0.2, -0.15) is 0 Å².